The van der Waals surface area contributed by atoms with Crippen LogP contribution in [0.4, 0.5) is 0 Å². The van der Waals surface area contributed by atoms with E-state index in [1.807, 2.05) is 12.1 Å². The number of hydrogen-bond acceptors (Lipinski definition) is 2. The standard InChI is InChI=1S/C17H26Cl2N4/c1-3-20-17(21-11-13-6-8-23(2)9-7-13)22-12-14-4-5-15(18)10-16(14)19/h4-5,10,13H,3,6-9,11-12H2,1-2H3,(H2,20,21,22). The first-order valence-corrected chi connectivity index (χ1v) is 8.98. The first-order valence-electron chi connectivity index (χ1n) is 8.23. The molecule has 0 aromatic heterocycles. The van der Waals surface area contributed by atoms with Gasteiger partial charge in [-0.1, -0.05) is 29.3 Å². The number of aliphatic imine (C=N–C) groups is 1. The largest absolute Gasteiger partial charge is 0.357 e. The summed E-state index contributed by atoms with van der Waals surface area (Å²) in [4.78, 5) is 7.02. The lowest BCUT2D eigenvalue weighted by atomic mass is 9.97. The highest BCUT2D eigenvalue weighted by Crippen LogP contribution is 2.21. The lowest BCUT2D eigenvalue weighted by molar-refractivity contribution is 0.220. The SMILES string of the molecule is CCNC(=NCc1ccc(Cl)cc1Cl)NCC1CCN(C)CC1. The van der Waals surface area contributed by atoms with E-state index < -0.39 is 0 Å². The van der Waals surface area contributed by atoms with E-state index in [1.54, 1.807) is 6.07 Å². The number of nitrogens with zero attached hydrogens (tertiary/aromatic N) is 2. The lowest BCUT2D eigenvalue weighted by Crippen LogP contribution is -2.42. The van der Waals surface area contributed by atoms with Gasteiger partial charge in [-0.2, -0.15) is 0 Å². The molecule has 1 heterocycles. The molecule has 0 amide bonds. The second-order valence-corrected chi connectivity index (χ2v) is 6.90. The Morgan fingerprint density at radius 3 is 2.65 bits per heavy atom. The van der Waals surface area contributed by atoms with Crippen LogP contribution in [0.1, 0.15) is 25.3 Å². The molecule has 1 aromatic rings. The summed E-state index contributed by atoms with van der Waals surface area (Å²) in [7, 11) is 2.19. The molecule has 0 unspecified atom stereocenters. The predicted molar refractivity (Wildman–Crippen MR) is 99.5 cm³/mol. The van der Waals surface area contributed by atoms with Gasteiger partial charge < -0.3 is 15.5 Å². The molecule has 1 fully saturated rings. The van der Waals surface area contributed by atoms with Crippen LogP contribution >= 0.6 is 23.2 Å². The summed E-state index contributed by atoms with van der Waals surface area (Å²) in [5.41, 5.74) is 0.979. The maximum absolute atomic E-state index is 6.20. The van der Waals surface area contributed by atoms with Crippen LogP contribution in [0.25, 0.3) is 0 Å². The molecule has 0 saturated carbocycles. The average Bonchev–Trinajstić information content (AvgIpc) is 2.53. The van der Waals surface area contributed by atoms with E-state index in [0.717, 1.165) is 24.6 Å². The Morgan fingerprint density at radius 2 is 2.00 bits per heavy atom. The van der Waals surface area contributed by atoms with E-state index in [-0.39, 0.29) is 0 Å². The molecule has 0 radical (unpaired) electrons. The van der Waals surface area contributed by atoms with Crippen molar-refractivity contribution in [1.29, 1.82) is 0 Å². The Bertz CT molecular complexity index is 525. The molecule has 0 spiro atoms. The zero-order valence-corrected chi connectivity index (χ0v) is 15.4. The Balaban J connectivity index is 1.89. The summed E-state index contributed by atoms with van der Waals surface area (Å²) >= 11 is 12.1. The van der Waals surface area contributed by atoms with Gasteiger partial charge in [-0.25, -0.2) is 4.99 Å². The molecule has 128 valence electrons. The van der Waals surface area contributed by atoms with Crippen LogP contribution in [0, 0.1) is 5.92 Å². The van der Waals surface area contributed by atoms with Crippen molar-refractivity contribution in [2.24, 2.45) is 10.9 Å². The van der Waals surface area contributed by atoms with Gasteiger partial charge in [0.25, 0.3) is 0 Å². The number of nitrogens with one attached hydrogen (secondary N) is 2. The van der Waals surface area contributed by atoms with Crippen molar-refractivity contribution in [2.45, 2.75) is 26.3 Å². The molecule has 1 aliphatic heterocycles. The molecule has 0 bridgehead atoms. The second kappa shape index (κ2) is 9.36. The van der Waals surface area contributed by atoms with Crippen LogP contribution in [0.5, 0.6) is 0 Å². The van der Waals surface area contributed by atoms with Gasteiger partial charge in [0, 0.05) is 23.1 Å². The molecule has 6 heteroatoms. The van der Waals surface area contributed by atoms with Crippen molar-refractivity contribution < 1.29 is 0 Å². The van der Waals surface area contributed by atoms with Crippen LogP contribution in [-0.2, 0) is 6.54 Å². The third kappa shape index (κ3) is 6.21. The number of benzene rings is 1. The predicted octanol–water partition coefficient (Wildman–Crippen LogP) is 3.39. The minimum atomic E-state index is 0.540. The fourth-order valence-corrected chi connectivity index (χ4v) is 3.13. The Morgan fingerprint density at radius 1 is 1.26 bits per heavy atom. The molecule has 0 atom stereocenters. The highest BCUT2D eigenvalue weighted by atomic mass is 35.5. The number of halogens is 2. The van der Waals surface area contributed by atoms with Crippen molar-refractivity contribution >= 4 is 29.2 Å². The number of hydrogen-bond donors (Lipinski definition) is 2. The molecule has 2 rings (SSSR count). The maximum atomic E-state index is 6.20. The molecule has 0 aliphatic carbocycles. The van der Waals surface area contributed by atoms with E-state index in [2.05, 4.69) is 34.5 Å². The van der Waals surface area contributed by atoms with Gasteiger partial charge in [0.05, 0.1) is 6.54 Å². The summed E-state index contributed by atoms with van der Waals surface area (Å²) in [6, 6.07) is 5.53. The highest BCUT2D eigenvalue weighted by Gasteiger charge is 2.16. The van der Waals surface area contributed by atoms with Crippen molar-refractivity contribution in [3.63, 3.8) is 0 Å². The number of piperidine rings is 1. The van der Waals surface area contributed by atoms with Crippen LogP contribution in [0.2, 0.25) is 10.0 Å². The molecule has 23 heavy (non-hydrogen) atoms. The van der Waals surface area contributed by atoms with Gasteiger partial charge in [-0.15, -0.1) is 0 Å². The summed E-state index contributed by atoms with van der Waals surface area (Å²) in [6.45, 7) is 6.78. The molecule has 1 saturated heterocycles. The molecular formula is C17H26Cl2N4. The van der Waals surface area contributed by atoms with Gasteiger partial charge in [0.1, 0.15) is 0 Å². The van der Waals surface area contributed by atoms with Gasteiger partial charge in [0.2, 0.25) is 0 Å². The van der Waals surface area contributed by atoms with E-state index in [0.29, 0.717) is 22.5 Å². The van der Waals surface area contributed by atoms with E-state index in [1.165, 1.54) is 25.9 Å². The third-order valence-electron chi connectivity index (χ3n) is 4.16. The summed E-state index contributed by atoms with van der Waals surface area (Å²) in [5, 5.41) is 8.06. The smallest absolute Gasteiger partial charge is 0.191 e. The third-order valence-corrected chi connectivity index (χ3v) is 4.75. The second-order valence-electron chi connectivity index (χ2n) is 6.06. The number of rotatable bonds is 5. The van der Waals surface area contributed by atoms with Gasteiger partial charge in [-0.3, -0.25) is 0 Å². The lowest BCUT2D eigenvalue weighted by Gasteiger charge is -2.29. The number of guanidine groups is 1. The minimum Gasteiger partial charge on any atom is -0.357 e. The topological polar surface area (TPSA) is 39.7 Å². The zero-order valence-electron chi connectivity index (χ0n) is 13.9. The van der Waals surface area contributed by atoms with Crippen LogP contribution in [-0.4, -0.2) is 44.1 Å². The van der Waals surface area contributed by atoms with Crippen molar-refractivity contribution in [2.75, 3.05) is 33.2 Å². The van der Waals surface area contributed by atoms with Gasteiger partial charge in [0.15, 0.2) is 5.96 Å². The fraction of sp³-hybridized carbons (Fsp3) is 0.588. The van der Waals surface area contributed by atoms with Crippen LogP contribution in [0.15, 0.2) is 23.2 Å². The Labute approximate surface area is 149 Å². The van der Waals surface area contributed by atoms with Crippen LogP contribution in [0.3, 0.4) is 0 Å². The normalized spacial score (nSPS) is 17.3. The monoisotopic (exact) mass is 356 g/mol. The maximum Gasteiger partial charge on any atom is 0.191 e. The van der Waals surface area contributed by atoms with Gasteiger partial charge in [-0.05, 0) is 63.5 Å². The Kier molecular flexibility index (Phi) is 7.47. The van der Waals surface area contributed by atoms with Gasteiger partial charge >= 0.3 is 0 Å². The first-order chi connectivity index (χ1) is 11.1. The molecule has 1 aliphatic rings. The minimum absolute atomic E-state index is 0.540. The summed E-state index contributed by atoms with van der Waals surface area (Å²) in [6.07, 6.45) is 2.48. The average molecular weight is 357 g/mol. The summed E-state index contributed by atoms with van der Waals surface area (Å²) < 4.78 is 0. The van der Waals surface area contributed by atoms with Crippen molar-refractivity contribution in [3.8, 4) is 0 Å². The highest BCUT2D eigenvalue weighted by molar-refractivity contribution is 6.35. The number of likely N-dealkylation sites (tertiary alicyclic amines) is 1. The van der Waals surface area contributed by atoms with Crippen molar-refractivity contribution in [3.05, 3.63) is 33.8 Å². The van der Waals surface area contributed by atoms with E-state index in [9.17, 15) is 0 Å². The summed E-state index contributed by atoms with van der Waals surface area (Å²) in [5.74, 6) is 1.56. The first kappa shape index (κ1) is 18.4. The zero-order chi connectivity index (χ0) is 16.7. The van der Waals surface area contributed by atoms with E-state index in [4.69, 9.17) is 23.2 Å². The molecule has 1 aromatic carbocycles. The molecule has 2 N–H and O–H groups in total. The Hall–Kier alpha value is -0.970. The van der Waals surface area contributed by atoms with Crippen molar-refractivity contribution in [1.82, 2.24) is 15.5 Å². The quantitative estimate of drug-likeness (QED) is 0.627. The molecule has 4 nitrogen and oxygen atoms in total. The van der Waals surface area contributed by atoms with Crippen LogP contribution < -0.4 is 10.6 Å². The van der Waals surface area contributed by atoms with E-state index >= 15 is 0 Å². The fourth-order valence-electron chi connectivity index (χ4n) is 2.66. The molecular weight excluding hydrogens is 331 g/mol.